The van der Waals surface area contributed by atoms with Crippen LogP contribution in [0.4, 0.5) is 0 Å². The van der Waals surface area contributed by atoms with E-state index in [1.807, 2.05) is 18.2 Å². The third kappa shape index (κ3) is 3.98. The minimum absolute atomic E-state index is 0.00253. The van der Waals surface area contributed by atoms with E-state index in [9.17, 15) is 4.79 Å². The topological polar surface area (TPSA) is 31.7 Å². The van der Waals surface area contributed by atoms with Gasteiger partial charge in [0, 0.05) is 69.7 Å². The molecule has 5 rings (SSSR count). The van der Waals surface area contributed by atoms with E-state index in [1.54, 1.807) is 0 Å². The highest BCUT2D eigenvalue weighted by Gasteiger charge is 2.42. The Bertz CT molecular complexity index is 1070. The van der Waals surface area contributed by atoms with Gasteiger partial charge in [0.15, 0.2) is 0 Å². The fraction of sp³-hybridized carbons (Fsp3) is 0.370. The van der Waals surface area contributed by atoms with Crippen molar-refractivity contribution in [3.63, 3.8) is 0 Å². The maximum atomic E-state index is 13.8. The minimum Gasteiger partial charge on any atom is -0.353 e. The summed E-state index contributed by atoms with van der Waals surface area (Å²) in [7, 11) is 4.29. The second-order valence-electron chi connectivity index (χ2n) is 9.21. The smallest absolute Gasteiger partial charge is 0.255 e. The van der Waals surface area contributed by atoms with Crippen LogP contribution in [0.1, 0.15) is 39.1 Å². The summed E-state index contributed by atoms with van der Waals surface area (Å²) in [5, 5.41) is 0. The van der Waals surface area contributed by atoms with Crippen LogP contribution in [-0.2, 0) is 13.6 Å². The predicted molar refractivity (Wildman–Crippen MR) is 128 cm³/mol. The van der Waals surface area contributed by atoms with E-state index in [0.29, 0.717) is 6.54 Å². The fourth-order valence-electron chi connectivity index (χ4n) is 5.29. The Morgan fingerprint density at radius 1 is 0.844 bits per heavy atom. The lowest BCUT2D eigenvalue weighted by atomic mass is 9.80. The van der Waals surface area contributed by atoms with Crippen molar-refractivity contribution < 1.29 is 4.79 Å². The average Bonchev–Trinajstić information content (AvgIpc) is 3.24. The molecule has 1 aromatic heterocycles. The maximum Gasteiger partial charge on any atom is 0.255 e. The van der Waals surface area contributed by atoms with Gasteiger partial charge in [0.1, 0.15) is 0 Å². The molecule has 1 amide bonds. The highest BCUT2D eigenvalue weighted by atomic mass is 16.2. The fourth-order valence-corrected chi connectivity index (χ4v) is 5.29. The number of benzene rings is 2. The maximum absolute atomic E-state index is 13.8. The van der Waals surface area contributed by atoms with Gasteiger partial charge in [-0.15, -0.1) is 0 Å². The van der Waals surface area contributed by atoms with Gasteiger partial charge in [-0.1, -0.05) is 48.5 Å². The number of rotatable bonds is 5. The number of piperazine rings is 1. The molecule has 0 spiro atoms. The van der Waals surface area contributed by atoms with Crippen molar-refractivity contribution in [1.82, 2.24) is 19.3 Å². The molecule has 2 aliphatic heterocycles. The van der Waals surface area contributed by atoms with Crippen LogP contribution in [0.5, 0.6) is 0 Å². The lowest BCUT2D eigenvalue weighted by Gasteiger charge is -2.45. The summed E-state index contributed by atoms with van der Waals surface area (Å²) in [6, 6.07) is 22.9. The van der Waals surface area contributed by atoms with Gasteiger partial charge in [0.05, 0.1) is 6.04 Å². The highest BCUT2D eigenvalue weighted by molar-refractivity contribution is 5.97. The molecular formula is C27H32N4O. The zero-order chi connectivity index (χ0) is 22.1. The second kappa shape index (κ2) is 8.93. The van der Waals surface area contributed by atoms with Crippen LogP contribution in [0.15, 0.2) is 72.9 Å². The Kier molecular flexibility index (Phi) is 5.85. The van der Waals surface area contributed by atoms with Gasteiger partial charge in [-0.25, -0.2) is 0 Å². The van der Waals surface area contributed by atoms with Crippen LogP contribution in [0, 0.1) is 0 Å². The van der Waals surface area contributed by atoms with Crippen LogP contribution >= 0.6 is 0 Å². The Morgan fingerprint density at radius 3 is 2.28 bits per heavy atom. The van der Waals surface area contributed by atoms with Gasteiger partial charge >= 0.3 is 0 Å². The SMILES string of the molecule is CN1CCN(CC2c3ccccc3C(=O)N(Cc3ccccc3)C2c2cccn2C)CC1. The van der Waals surface area contributed by atoms with Crippen molar-refractivity contribution in [3.8, 4) is 0 Å². The molecule has 2 aliphatic rings. The van der Waals surface area contributed by atoms with Crippen LogP contribution in [0.3, 0.4) is 0 Å². The lowest BCUT2D eigenvalue weighted by molar-refractivity contribution is 0.0523. The van der Waals surface area contributed by atoms with E-state index in [-0.39, 0.29) is 17.9 Å². The number of amides is 1. The normalized spacial score (nSPS) is 22.2. The molecule has 166 valence electrons. The standard InChI is InChI=1S/C27H32N4O/c1-28-15-17-30(18-16-28)20-24-22-11-6-7-12-23(22)27(32)31(19-21-9-4-3-5-10-21)26(24)25-13-8-14-29(25)2/h3-14,24,26H,15-20H2,1-2H3. The van der Waals surface area contributed by atoms with Gasteiger partial charge < -0.3 is 19.3 Å². The zero-order valence-electron chi connectivity index (χ0n) is 19.0. The van der Waals surface area contributed by atoms with E-state index in [4.69, 9.17) is 0 Å². The molecule has 5 heteroatoms. The molecule has 1 saturated heterocycles. The lowest BCUT2D eigenvalue weighted by Crippen LogP contribution is -2.50. The molecule has 0 aliphatic carbocycles. The first kappa shape index (κ1) is 21.0. The van der Waals surface area contributed by atoms with Crippen LogP contribution in [-0.4, -0.2) is 64.9 Å². The van der Waals surface area contributed by atoms with E-state index in [2.05, 4.69) is 88.1 Å². The van der Waals surface area contributed by atoms with E-state index in [1.165, 1.54) is 11.3 Å². The molecule has 2 atom stereocenters. The molecular weight excluding hydrogens is 396 g/mol. The third-order valence-corrected chi connectivity index (χ3v) is 7.10. The summed E-state index contributed by atoms with van der Waals surface area (Å²) in [6.45, 7) is 5.90. The Labute approximate surface area is 190 Å². The minimum atomic E-state index is -0.00253. The molecule has 0 bridgehead atoms. The first-order chi connectivity index (χ1) is 15.6. The number of carbonyl (C=O) groups excluding carboxylic acids is 1. The summed E-state index contributed by atoms with van der Waals surface area (Å²) in [5.41, 5.74) is 4.40. The molecule has 3 heterocycles. The van der Waals surface area contributed by atoms with Crippen molar-refractivity contribution in [3.05, 3.63) is 95.3 Å². The molecule has 0 saturated carbocycles. The van der Waals surface area contributed by atoms with Gasteiger partial charge in [0.25, 0.3) is 5.91 Å². The Hall–Kier alpha value is -2.89. The number of likely N-dealkylation sites (N-methyl/N-ethyl adjacent to an activating group) is 1. The molecule has 2 aromatic carbocycles. The average molecular weight is 429 g/mol. The van der Waals surface area contributed by atoms with E-state index in [0.717, 1.165) is 43.9 Å². The molecule has 32 heavy (non-hydrogen) atoms. The summed E-state index contributed by atoms with van der Waals surface area (Å²) in [4.78, 5) is 20.9. The van der Waals surface area contributed by atoms with Gasteiger partial charge in [-0.3, -0.25) is 4.79 Å². The first-order valence-corrected chi connectivity index (χ1v) is 11.6. The van der Waals surface area contributed by atoms with Crippen molar-refractivity contribution in [2.75, 3.05) is 39.8 Å². The molecule has 2 unspecified atom stereocenters. The summed E-state index contributed by atoms with van der Waals surface area (Å²) < 4.78 is 2.18. The van der Waals surface area contributed by atoms with Gasteiger partial charge in [-0.05, 0) is 36.4 Å². The zero-order valence-corrected chi connectivity index (χ0v) is 19.0. The Morgan fingerprint density at radius 2 is 1.56 bits per heavy atom. The Balaban J connectivity index is 1.58. The second-order valence-corrected chi connectivity index (χ2v) is 9.21. The highest BCUT2D eigenvalue weighted by Crippen LogP contribution is 2.43. The van der Waals surface area contributed by atoms with E-state index < -0.39 is 0 Å². The third-order valence-electron chi connectivity index (χ3n) is 7.10. The summed E-state index contributed by atoms with van der Waals surface area (Å²) in [6.07, 6.45) is 2.09. The van der Waals surface area contributed by atoms with Crippen LogP contribution in [0.2, 0.25) is 0 Å². The summed E-state index contributed by atoms with van der Waals surface area (Å²) >= 11 is 0. The summed E-state index contributed by atoms with van der Waals surface area (Å²) in [5.74, 6) is 0.356. The number of hydrogen-bond acceptors (Lipinski definition) is 3. The van der Waals surface area contributed by atoms with Gasteiger partial charge in [-0.2, -0.15) is 0 Å². The molecule has 3 aromatic rings. The number of nitrogens with zero attached hydrogens (tertiary/aromatic N) is 4. The predicted octanol–water partition coefficient (Wildman–Crippen LogP) is 3.75. The number of aryl methyl sites for hydroxylation is 1. The van der Waals surface area contributed by atoms with Crippen molar-refractivity contribution >= 4 is 5.91 Å². The number of hydrogen-bond donors (Lipinski definition) is 0. The van der Waals surface area contributed by atoms with Crippen molar-refractivity contribution in [1.29, 1.82) is 0 Å². The number of carbonyl (C=O) groups is 1. The van der Waals surface area contributed by atoms with E-state index >= 15 is 0 Å². The monoisotopic (exact) mass is 428 g/mol. The largest absolute Gasteiger partial charge is 0.353 e. The number of fused-ring (bicyclic) bond motifs is 1. The van der Waals surface area contributed by atoms with Crippen LogP contribution in [0.25, 0.3) is 0 Å². The van der Waals surface area contributed by atoms with Gasteiger partial charge in [0.2, 0.25) is 0 Å². The van der Waals surface area contributed by atoms with Crippen molar-refractivity contribution in [2.24, 2.45) is 7.05 Å². The van der Waals surface area contributed by atoms with Crippen molar-refractivity contribution in [2.45, 2.75) is 18.5 Å². The van der Waals surface area contributed by atoms with Crippen LogP contribution < -0.4 is 0 Å². The molecule has 1 fully saturated rings. The quantitative estimate of drug-likeness (QED) is 0.620. The molecule has 5 nitrogen and oxygen atoms in total. The first-order valence-electron chi connectivity index (χ1n) is 11.6. The number of aromatic nitrogens is 1. The molecule has 0 N–H and O–H groups in total. The molecule has 0 radical (unpaired) electrons.